The van der Waals surface area contributed by atoms with Crippen LogP contribution in [-0.2, 0) is 0 Å². The smallest absolute Gasteiger partial charge is 0.290 e. The molecule has 1 N–H and O–H groups in total. The average molecular weight is 325 g/mol. The molecule has 0 saturated heterocycles. The minimum Gasteiger partial charge on any atom is -0.486 e. The Labute approximate surface area is 135 Å². The number of amidine groups is 1. The van der Waals surface area contributed by atoms with E-state index >= 15 is 0 Å². The van der Waals surface area contributed by atoms with Gasteiger partial charge in [-0.25, -0.2) is 0 Å². The molecule has 5 nitrogen and oxygen atoms in total. The highest BCUT2D eigenvalue weighted by molar-refractivity contribution is 6.32. The summed E-state index contributed by atoms with van der Waals surface area (Å²) in [6.45, 7) is 8.95. The molecule has 0 spiro atoms. The normalized spacial score (nSPS) is 15.8. The molecule has 0 aliphatic carbocycles. The second-order valence-corrected chi connectivity index (χ2v) is 6.23. The van der Waals surface area contributed by atoms with Gasteiger partial charge < -0.3 is 14.4 Å². The summed E-state index contributed by atoms with van der Waals surface area (Å²) in [5.74, 6) is 0.773. The Balaban J connectivity index is 2.32. The highest BCUT2D eigenvalue weighted by Crippen LogP contribution is 2.39. The monoisotopic (exact) mass is 324 g/mol. The minimum atomic E-state index is -0.554. The fourth-order valence-corrected chi connectivity index (χ4v) is 2.61. The Morgan fingerprint density at radius 3 is 2.64 bits per heavy atom. The van der Waals surface area contributed by atoms with Crippen molar-refractivity contribution < 1.29 is 14.3 Å². The zero-order valence-corrected chi connectivity index (χ0v) is 14.1. The number of halogens is 1. The summed E-state index contributed by atoms with van der Waals surface area (Å²) in [7, 11) is 0. The van der Waals surface area contributed by atoms with Crippen LogP contribution in [0.15, 0.2) is 12.1 Å². The second kappa shape index (κ2) is 6.16. The van der Waals surface area contributed by atoms with E-state index in [1.807, 2.05) is 27.7 Å². The zero-order valence-electron chi connectivity index (χ0n) is 13.3. The molecule has 0 fully saturated rings. The first kappa shape index (κ1) is 16.6. The number of nitrogens with zero attached hydrogens (tertiary/aromatic N) is 1. The molecule has 0 saturated carbocycles. The first-order valence-corrected chi connectivity index (χ1v) is 7.72. The molecule has 0 bridgehead atoms. The SMILES string of the molecule is CCN(CC)C(=N)Oc1cc2c(cc1Cl)C(=O)CC(C)(C)O2. The van der Waals surface area contributed by atoms with Crippen molar-refractivity contribution in [3.05, 3.63) is 22.7 Å². The first-order chi connectivity index (χ1) is 10.3. The Hall–Kier alpha value is -1.75. The lowest BCUT2D eigenvalue weighted by Crippen LogP contribution is -2.36. The maximum Gasteiger partial charge on any atom is 0.290 e. The van der Waals surface area contributed by atoms with Gasteiger partial charge in [0.2, 0.25) is 0 Å². The summed E-state index contributed by atoms with van der Waals surface area (Å²) >= 11 is 6.18. The van der Waals surface area contributed by atoms with Gasteiger partial charge in [-0.3, -0.25) is 10.2 Å². The molecule has 1 heterocycles. The van der Waals surface area contributed by atoms with E-state index in [0.717, 1.165) is 0 Å². The molecule has 0 aromatic heterocycles. The van der Waals surface area contributed by atoms with Gasteiger partial charge >= 0.3 is 0 Å². The molecule has 120 valence electrons. The van der Waals surface area contributed by atoms with Crippen molar-refractivity contribution in [2.45, 2.75) is 39.7 Å². The number of carbonyl (C=O) groups is 1. The first-order valence-electron chi connectivity index (χ1n) is 7.34. The Morgan fingerprint density at radius 2 is 2.05 bits per heavy atom. The van der Waals surface area contributed by atoms with Gasteiger partial charge in [0.25, 0.3) is 6.02 Å². The number of benzene rings is 1. The number of ketones is 1. The fraction of sp³-hybridized carbons (Fsp3) is 0.500. The number of rotatable bonds is 3. The topological polar surface area (TPSA) is 62.6 Å². The van der Waals surface area contributed by atoms with Crippen LogP contribution in [0.2, 0.25) is 5.02 Å². The van der Waals surface area contributed by atoms with Crippen molar-refractivity contribution in [1.82, 2.24) is 4.90 Å². The van der Waals surface area contributed by atoms with Gasteiger partial charge in [0.1, 0.15) is 11.4 Å². The second-order valence-electron chi connectivity index (χ2n) is 5.82. The van der Waals surface area contributed by atoms with E-state index in [1.165, 1.54) is 0 Å². The molecular weight excluding hydrogens is 304 g/mol. The molecule has 0 amide bonds. The van der Waals surface area contributed by atoms with Gasteiger partial charge in [-0.2, -0.15) is 0 Å². The molecule has 1 aliphatic rings. The van der Waals surface area contributed by atoms with E-state index in [2.05, 4.69) is 0 Å². The van der Waals surface area contributed by atoms with Crippen LogP contribution in [0.1, 0.15) is 44.5 Å². The molecular formula is C16H21ClN2O3. The minimum absolute atomic E-state index is 0.00137. The average Bonchev–Trinajstić information content (AvgIpc) is 2.41. The van der Waals surface area contributed by atoms with Crippen molar-refractivity contribution >= 4 is 23.4 Å². The maximum atomic E-state index is 12.2. The van der Waals surface area contributed by atoms with Crippen molar-refractivity contribution in [3.8, 4) is 11.5 Å². The van der Waals surface area contributed by atoms with Gasteiger partial charge in [0, 0.05) is 19.2 Å². The predicted octanol–water partition coefficient (Wildman–Crippen LogP) is 3.74. The molecule has 0 atom stereocenters. The van der Waals surface area contributed by atoms with E-state index in [4.69, 9.17) is 26.5 Å². The number of hydrogen-bond acceptors (Lipinski definition) is 4. The molecule has 0 unspecified atom stereocenters. The Bertz CT molecular complexity index is 610. The summed E-state index contributed by atoms with van der Waals surface area (Å²) in [5.41, 5.74) is -0.0901. The van der Waals surface area contributed by atoms with Crippen LogP contribution >= 0.6 is 11.6 Å². The van der Waals surface area contributed by atoms with Gasteiger partial charge in [-0.15, -0.1) is 0 Å². The van der Waals surface area contributed by atoms with Crippen LogP contribution in [0.4, 0.5) is 0 Å². The maximum absolute atomic E-state index is 12.2. The summed E-state index contributed by atoms with van der Waals surface area (Å²) < 4.78 is 11.4. The van der Waals surface area contributed by atoms with Crippen molar-refractivity contribution in [2.75, 3.05) is 13.1 Å². The van der Waals surface area contributed by atoms with Crippen LogP contribution in [0.25, 0.3) is 0 Å². The third-order valence-corrected chi connectivity index (χ3v) is 3.86. The van der Waals surface area contributed by atoms with E-state index in [-0.39, 0.29) is 11.8 Å². The molecule has 1 aromatic rings. The summed E-state index contributed by atoms with van der Waals surface area (Å²) in [6.07, 6.45) is 0.311. The van der Waals surface area contributed by atoms with Crippen molar-refractivity contribution in [3.63, 3.8) is 0 Å². The van der Waals surface area contributed by atoms with Crippen LogP contribution in [0.3, 0.4) is 0 Å². The van der Waals surface area contributed by atoms with Gasteiger partial charge in [0.15, 0.2) is 11.5 Å². The Kier molecular flexibility index (Phi) is 4.66. The van der Waals surface area contributed by atoms with E-state index in [9.17, 15) is 4.79 Å². The third kappa shape index (κ3) is 3.35. The predicted molar refractivity (Wildman–Crippen MR) is 86.4 cm³/mol. The number of fused-ring (bicyclic) bond motifs is 1. The number of carbonyl (C=O) groups excluding carboxylic acids is 1. The number of ether oxygens (including phenoxy) is 2. The Morgan fingerprint density at radius 1 is 1.41 bits per heavy atom. The van der Waals surface area contributed by atoms with Crippen LogP contribution in [0, 0.1) is 5.41 Å². The summed E-state index contributed by atoms with van der Waals surface area (Å²) in [6, 6.07) is 3.17. The van der Waals surface area contributed by atoms with E-state index in [1.54, 1.807) is 17.0 Å². The summed E-state index contributed by atoms with van der Waals surface area (Å²) in [4.78, 5) is 13.9. The van der Waals surface area contributed by atoms with Crippen LogP contribution in [-0.4, -0.2) is 35.4 Å². The molecule has 0 radical (unpaired) electrons. The number of hydrogen-bond donors (Lipinski definition) is 1. The molecule has 6 heteroatoms. The summed E-state index contributed by atoms with van der Waals surface area (Å²) in [5, 5.41) is 8.27. The van der Waals surface area contributed by atoms with Gasteiger partial charge in [-0.05, 0) is 33.8 Å². The highest BCUT2D eigenvalue weighted by Gasteiger charge is 2.33. The van der Waals surface area contributed by atoms with E-state index < -0.39 is 5.60 Å². The van der Waals surface area contributed by atoms with Crippen molar-refractivity contribution in [2.24, 2.45) is 0 Å². The zero-order chi connectivity index (χ0) is 16.5. The van der Waals surface area contributed by atoms with Crippen LogP contribution in [0.5, 0.6) is 11.5 Å². The number of Topliss-reactive ketones (excluding diaryl/α,β-unsaturated/α-hetero) is 1. The molecule has 22 heavy (non-hydrogen) atoms. The van der Waals surface area contributed by atoms with Gasteiger partial charge in [0.05, 0.1) is 17.0 Å². The van der Waals surface area contributed by atoms with Crippen LogP contribution < -0.4 is 9.47 Å². The van der Waals surface area contributed by atoms with E-state index in [0.29, 0.717) is 41.6 Å². The molecule has 2 rings (SSSR count). The largest absolute Gasteiger partial charge is 0.486 e. The van der Waals surface area contributed by atoms with Gasteiger partial charge in [-0.1, -0.05) is 11.6 Å². The molecule has 1 aliphatic heterocycles. The third-order valence-electron chi connectivity index (χ3n) is 3.56. The quantitative estimate of drug-likeness (QED) is 0.679. The number of nitrogens with one attached hydrogen (secondary N) is 1. The molecule has 1 aromatic carbocycles. The lowest BCUT2D eigenvalue weighted by molar-refractivity contribution is 0.0619. The highest BCUT2D eigenvalue weighted by atomic mass is 35.5. The fourth-order valence-electron chi connectivity index (χ4n) is 2.41. The standard InChI is InChI=1S/C16H21ClN2O3/c1-5-19(6-2)15(18)21-14-8-13-10(7-11(14)17)12(20)9-16(3,4)22-13/h7-8,18H,5-6,9H2,1-4H3. The lowest BCUT2D eigenvalue weighted by Gasteiger charge is -2.32. The van der Waals surface area contributed by atoms with Crippen molar-refractivity contribution in [1.29, 1.82) is 5.41 Å². The lowest BCUT2D eigenvalue weighted by atomic mass is 9.93.